The van der Waals surface area contributed by atoms with Crippen molar-refractivity contribution in [2.75, 3.05) is 0 Å². The van der Waals surface area contributed by atoms with Crippen molar-refractivity contribution in [2.45, 2.75) is 20.5 Å². The minimum absolute atomic E-state index is 0.170. The van der Waals surface area contributed by atoms with Crippen molar-refractivity contribution in [2.24, 2.45) is 0 Å². The van der Waals surface area contributed by atoms with Crippen LogP contribution in [0.4, 0.5) is 0 Å². The zero-order valence-corrected chi connectivity index (χ0v) is 14.1. The largest absolute Gasteiger partial charge is 0.457 e. The third-order valence-corrected chi connectivity index (χ3v) is 3.81. The smallest absolute Gasteiger partial charge is 0.338 e. The average molecular weight is 331 g/mol. The lowest BCUT2D eigenvalue weighted by atomic mass is 10.1. The van der Waals surface area contributed by atoms with E-state index in [1.165, 1.54) is 0 Å². The summed E-state index contributed by atoms with van der Waals surface area (Å²) in [7, 11) is 0. The first-order chi connectivity index (χ1) is 12.1. The molecule has 0 aliphatic rings. The Hall–Kier alpha value is -3.39. The van der Waals surface area contributed by atoms with E-state index in [0.717, 1.165) is 22.6 Å². The zero-order chi connectivity index (χ0) is 17.8. The van der Waals surface area contributed by atoms with Crippen LogP contribution < -0.4 is 0 Å². The number of ether oxygens (including phenoxy) is 1. The molecule has 0 atom stereocenters. The number of hydrogen-bond donors (Lipinski definition) is 0. The molecule has 0 aliphatic carbocycles. The maximum atomic E-state index is 12.2. The van der Waals surface area contributed by atoms with Gasteiger partial charge in [0.05, 0.1) is 28.6 Å². The molecule has 1 aromatic heterocycles. The van der Waals surface area contributed by atoms with Crippen molar-refractivity contribution < 1.29 is 9.53 Å². The van der Waals surface area contributed by atoms with Crippen molar-refractivity contribution in [1.82, 2.24) is 9.78 Å². The fourth-order valence-corrected chi connectivity index (χ4v) is 2.54. The van der Waals surface area contributed by atoms with Gasteiger partial charge in [-0.25, -0.2) is 9.48 Å². The van der Waals surface area contributed by atoms with Crippen molar-refractivity contribution in [3.05, 3.63) is 82.7 Å². The van der Waals surface area contributed by atoms with Crippen molar-refractivity contribution in [3.63, 3.8) is 0 Å². The third-order valence-electron chi connectivity index (χ3n) is 3.81. The highest BCUT2D eigenvalue weighted by Gasteiger charge is 2.09. The number of aryl methyl sites for hydroxylation is 2. The van der Waals surface area contributed by atoms with E-state index >= 15 is 0 Å². The minimum Gasteiger partial charge on any atom is -0.457 e. The van der Waals surface area contributed by atoms with Crippen molar-refractivity contribution >= 4 is 5.97 Å². The van der Waals surface area contributed by atoms with Gasteiger partial charge in [-0.1, -0.05) is 12.1 Å². The molecule has 3 aromatic rings. The van der Waals surface area contributed by atoms with Gasteiger partial charge >= 0.3 is 5.97 Å². The minimum atomic E-state index is -0.385. The molecule has 0 N–H and O–H groups in total. The quantitative estimate of drug-likeness (QED) is 0.683. The van der Waals surface area contributed by atoms with Gasteiger partial charge in [-0.05, 0) is 61.9 Å². The van der Waals surface area contributed by atoms with Crippen LogP contribution in [0.2, 0.25) is 0 Å². The lowest BCUT2D eigenvalue weighted by molar-refractivity contribution is 0.0472. The molecule has 124 valence electrons. The molecule has 0 aliphatic heterocycles. The number of carbonyl (C=O) groups excluding carboxylic acids is 1. The fraction of sp³-hybridized carbons (Fsp3) is 0.150. The van der Waals surface area contributed by atoms with Crippen molar-refractivity contribution in [1.29, 1.82) is 5.26 Å². The van der Waals surface area contributed by atoms with E-state index in [1.807, 2.05) is 36.7 Å². The lowest BCUT2D eigenvalue weighted by Gasteiger charge is -2.07. The van der Waals surface area contributed by atoms with E-state index in [2.05, 4.69) is 11.2 Å². The van der Waals surface area contributed by atoms with Gasteiger partial charge in [0.25, 0.3) is 0 Å². The predicted molar refractivity (Wildman–Crippen MR) is 93.3 cm³/mol. The van der Waals surface area contributed by atoms with E-state index in [4.69, 9.17) is 10.00 Å². The fourth-order valence-electron chi connectivity index (χ4n) is 2.54. The summed E-state index contributed by atoms with van der Waals surface area (Å²) < 4.78 is 7.15. The Balaban J connectivity index is 1.66. The Bertz CT molecular complexity index is 933. The van der Waals surface area contributed by atoms with Gasteiger partial charge in [0.2, 0.25) is 0 Å². The summed E-state index contributed by atoms with van der Waals surface area (Å²) in [6, 6.07) is 18.2. The molecule has 5 heteroatoms. The number of nitrogens with zero attached hydrogens (tertiary/aromatic N) is 3. The molecule has 0 saturated heterocycles. The summed E-state index contributed by atoms with van der Waals surface area (Å²) in [5.74, 6) is -0.385. The summed E-state index contributed by atoms with van der Waals surface area (Å²) in [6.45, 7) is 4.10. The number of carbonyl (C=O) groups is 1. The topological polar surface area (TPSA) is 67.9 Å². The van der Waals surface area contributed by atoms with Crippen molar-refractivity contribution in [3.8, 4) is 11.8 Å². The first-order valence-electron chi connectivity index (χ1n) is 7.86. The highest BCUT2D eigenvalue weighted by molar-refractivity contribution is 5.89. The summed E-state index contributed by atoms with van der Waals surface area (Å²) in [4.78, 5) is 12.2. The molecule has 0 saturated carbocycles. The molecule has 0 unspecified atom stereocenters. The lowest BCUT2D eigenvalue weighted by Crippen LogP contribution is -2.06. The average Bonchev–Trinajstić information content (AvgIpc) is 2.98. The number of esters is 1. The van der Waals surface area contributed by atoms with Crippen LogP contribution in [-0.2, 0) is 11.3 Å². The summed E-state index contributed by atoms with van der Waals surface area (Å²) >= 11 is 0. The first kappa shape index (κ1) is 16.5. The number of aromatic nitrogens is 2. The van der Waals surface area contributed by atoms with E-state index in [1.54, 1.807) is 36.4 Å². The van der Waals surface area contributed by atoms with Crippen LogP contribution in [0.3, 0.4) is 0 Å². The van der Waals surface area contributed by atoms with Crippen LogP contribution in [-0.4, -0.2) is 15.7 Å². The second-order valence-corrected chi connectivity index (χ2v) is 5.77. The predicted octanol–water partition coefficient (Wildman–Crippen LogP) is 3.72. The molecule has 1 heterocycles. The van der Waals surface area contributed by atoms with Crippen LogP contribution in [0.15, 0.2) is 54.6 Å². The SMILES string of the molecule is Cc1cc(C)n(-c2ccc(C(=O)OCc3ccc(C#N)cc3)cc2)n1. The van der Waals surface area contributed by atoms with E-state index in [0.29, 0.717) is 11.1 Å². The molecule has 0 spiro atoms. The maximum absolute atomic E-state index is 12.2. The molecule has 25 heavy (non-hydrogen) atoms. The van der Waals surface area contributed by atoms with Crippen LogP contribution in [0.25, 0.3) is 5.69 Å². The molecular weight excluding hydrogens is 314 g/mol. The van der Waals surface area contributed by atoms with Gasteiger partial charge < -0.3 is 4.74 Å². The monoisotopic (exact) mass is 331 g/mol. The Morgan fingerprint density at radius 1 is 1.12 bits per heavy atom. The molecule has 0 fully saturated rings. The van der Waals surface area contributed by atoms with E-state index < -0.39 is 0 Å². The molecule has 2 aromatic carbocycles. The highest BCUT2D eigenvalue weighted by atomic mass is 16.5. The Morgan fingerprint density at radius 3 is 2.36 bits per heavy atom. The van der Waals surface area contributed by atoms with Crippen LogP contribution in [0.5, 0.6) is 0 Å². The molecule has 0 amide bonds. The van der Waals surface area contributed by atoms with Crippen LogP contribution in [0.1, 0.15) is 32.9 Å². The normalized spacial score (nSPS) is 10.3. The van der Waals surface area contributed by atoms with Gasteiger partial charge in [0.1, 0.15) is 6.61 Å². The number of rotatable bonds is 4. The van der Waals surface area contributed by atoms with E-state index in [9.17, 15) is 4.79 Å². The number of hydrogen-bond acceptors (Lipinski definition) is 4. The maximum Gasteiger partial charge on any atom is 0.338 e. The Morgan fingerprint density at radius 2 is 1.80 bits per heavy atom. The summed E-state index contributed by atoms with van der Waals surface area (Å²) in [5.41, 5.74) is 4.78. The second-order valence-electron chi connectivity index (χ2n) is 5.77. The standard InChI is InChI=1S/C20H17N3O2/c1-14-11-15(2)23(22-14)19-9-7-18(8-10-19)20(24)25-13-17-5-3-16(12-21)4-6-17/h3-11H,13H2,1-2H3. The Labute approximate surface area is 146 Å². The number of benzene rings is 2. The van der Waals surface area contributed by atoms with Gasteiger partial charge in [-0.15, -0.1) is 0 Å². The van der Waals surface area contributed by atoms with Crippen LogP contribution >= 0.6 is 0 Å². The highest BCUT2D eigenvalue weighted by Crippen LogP contribution is 2.14. The summed E-state index contributed by atoms with van der Waals surface area (Å²) in [6.07, 6.45) is 0. The van der Waals surface area contributed by atoms with Gasteiger partial charge in [-0.2, -0.15) is 10.4 Å². The van der Waals surface area contributed by atoms with Gasteiger partial charge in [0, 0.05) is 5.69 Å². The van der Waals surface area contributed by atoms with E-state index in [-0.39, 0.29) is 12.6 Å². The molecule has 3 rings (SSSR count). The van der Waals surface area contributed by atoms with Crippen LogP contribution in [0, 0.1) is 25.2 Å². The first-order valence-corrected chi connectivity index (χ1v) is 7.86. The summed E-state index contributed by atoms with van der Waals surface area (Å²) in [5, 5.41) is 13.2. The molecular formula is C20H17N3O2. The second kappa shape index (κ2) is 7.02. The van der Waals surface area contributed by atoms with Gasteiger partial charge in [-0.3, -0.25) is 0 Å². The molecule has 5 nitrogen and oxygen atoms in total. The zero-order valence-electron chi connectivity index (χ0n) is 14.1. The molecule has 0 bridgehead atoms. The Kier molecular flexibility index (Phi) is 4.62. The number of nitriles is 1. The van der Waals surface area contributed by atoms with Gasteiger partial charge in [0.15, 0.2) is 0 Å². The molecule has 0 radical (unpaired) electrons. The third kappa shape index (κ3) is 3.75.